The number of sulfonamides is 1. The van der Waals surface area contributed by atoms with Gasteiger partial charge in [-0.15, -0.1) is 0 Å². The van der Waals surface area contributed by atoms with E-state index in [-0.39, 0.29) is 23.1 Å². The summed E-state index contributed by atoms with van der Waals surface area (Å²) in [7, 11) is -3.81. The van der Waals surface area contributed by atoms with E-state index in [2.05, 4.69) is 4.98 Å². The van der Waals surface area contributed by atoms with Crippen LogP contribution in [0.3, 0.4) is 0 Å². The Morgan fingerprint density at radius 3 is 2.57 bits per heavy atom. The van der Waals surface area contributed by atoms with Crippen LogP contribution in [0.1, 0.15) is 40.0 Å². The first-order valence-electron chi connectivity index (χ1n) is 10.5. The molecule has 1 aromatic carbocycles. The number of carbonyl (C=O) groups excluding carboxylic acids is 1. The number of hydrogen-bond donors (Lipinski definition) is 0. The molecule has 1 saturated carbocycles. The van der Waals surface area contributed by atoms with Crippen molar-refractivity contribution in [2.75, 3.05) is 19.6 Å². The number of aromatic nitrogens is 1. The molecule has 0 spiro atoms. The number of ether oxygens (including phenoxy) is 1. The van der Waals surface area contributed by atoms with Gasteiger partial charge in [-0.1, -0.05) is 24.3 Å². The highest BCUT2D eigenvalue weighted by Crippen LogP contribution is 2.39. The summed E-state index contributed by atoms with van der Waals surface area (Å²) < 4.78 is 34.6. The number of carbonyl (C=O) groups is 1. The number of pyridine rings is 1. The molecule has 4 rings (SSSR count). The molecule has 8 heteroatoms. The Morgan fingerprint density at radius 1 is 1.13 bits per heavy atom. The minimum Gasteiger partial charge on any atom is -0.444 e. The van der Waals surface area contributed by atoms with Crippen LogP contribution >= 0.6 is 0 Å². The molecule has 7 nitrogen and oxygen atoms in total. The standard InChI is InChI=1S/C22H29N3O4S/c1-22(2,3)29-21(26)24-13-6-14-25(19(15-24)17-9-10-17)30(27,28)20-18-8-5-4-7-16(18)11-12-23-20/h4-5,7-8,11-12,17,19H,6,9-10,13-15H2,1-3H3. The molecule has 1 saturated heterocycles. The Labute approximate surface area is 178 Å². The van der Waals surface area contributed by atoms with Crippen LogP contribution in [0.5, 0.6) is 0 Å². The van der Waals surface area contributed by atoms with Crippen LogP contribution in [0.4, 0.5) is 4.79 Å². The lowest BCUT2D eigenvalue weighted by Gasteiger charge is -2.32. The summed E-state index contributed by atoms with van der Waals surface area (Å²) in [5, 5.41) is 1.57. The summed E-state index contributed by atoms with van der Waals surface area (Å²) in [4.78, 5) is 18.6. The molecular weight excluding hydrogens is 402 g/mol. The van der Waals surface area contributed by atoms with Crippen LogP contribution in [-0.4, -0.2) is 60.0 Å². The van der Waals surface area contributed by atoms with E-state index in [0.717, 1.165) is 18.2 Å². The molecule has 2 heterocycles. The molecule has 2 fully saturated rings. The van der Waals surface area contributed by atoms with Gasteiger partial charge in [0.2, 0.25) is 0 Å². The molecule has 1 aromatic heterocycles. The van der Waals surface area contributed by atoms with E-state index >= 15 is 0 Å². The lowest BCUT2D eigenvalue weighted by molar-refractivity contribution is 0.0236. The molecule has 1 unspecified atom stereocenters. The van der Waals surface area contributed by atoms with Crippen LogP contribution in [0.2, 0.25) is 0 Å². The van der Waals surface area contributed by atoms with Crippen molar-refractivity contribution in [3.8, 4) is 0 Å². The van der Waals surface area contributed by atoms with E-state index in [9.17, 15) is 13.2 Å². The lowest BCUT2D eigenvalue weighted by Crippen LogP contribution is -2.47. The van der Waals surface area contributed by atoms with Gasteiger partial charge in [0.25, 0.3) is 10.0 Å². The largest absolute Gasteiger partial charge is 0.444 e. The number of fused-ring (bicyclic) bond motifs is 1. The molecule has 0 bridgehead atoms. The molecule has 1 atom stereocenters. The Hall–Kier alpha value is -2.19. The Balaban J connectivity index is 1.67. The van der Waals surface area contributed by atoms with Crippen LogP contribution in [0.25, 0.3) is 10.8 Å². The van der Waals surface area contributed by atoms with Gasteiger partial charge in [0.05, 0.1) is 0 Å². The monoisotopic (exact) mass is 431 g/mol. The van der Waals surface area contributed by atoms with Gasteiger partial charge in [0, 0.05) is 37.3 Å². The first-order valence-corrected chi connectivity index (χ1v) is 11.9. The van der Waals surface area contributed by atoms with Gasteiger partial charge < -0.3 is 9.64 Å². The highest BCUT2D eigenvalue weighted by atomic mass is 32.2. The molecule has 0 radical (unpaired) electrons. The molecule has 1 amide bonds. The van der Waals surface area contributed by atoms with Crippen molar-refractivity contribution in [2.24, 2.45) is 5.92 Å². The van der Waals surface area contributed by atoms with Crippen LogP contribution in [0.15, 0.2) is 41.6 Å². The topological polar surface area (TPSA) is 79.8 Å². The fraction of sp³-hybridized carbons (Fsp3) is 0.545. The van der Waals surface area contributed by atoms with Crippen LogP contribution in [-0.2, 0) is 14.8 Å². The first kappa shape index (κ1) is 21.1. The maximum atomic E-state index is 13.7. The van der Waals surface area contributed by atoms with E-state index in [4.69, 9.17) is 4.74 Å². The van der Waals surface area contributed by atoms with Crippen molar-refractivity contribution in [3.05, 3.63) is 36.5 Å². The van der Waals surface area contributed by atoms with Crippen molar-refractivity contribution in [1.29, 1.82) is 0 Å². The minimum absolute atomic E-state index is 0.0944. The zero-order valence-electron chi connectivity index (χ0n) is 17.7. The van der Waals surface area contributed by atoms with E-state index in [0.29, 0.717) is 31.4 Å². The maximum absolute atomic E-state index is 13.7. The summed E-state index contributed by atoms with van der Waals surface area (Å²) in [6, 6.07) is 8.96. The fourth-order valence-electron chi connectivity index (χ4n) is 4.06. The molecule has 30 heavy (non-hydrogen) atoms. The van der Waals surface area contributed by atoms with Crippen LogP contribution in [0, 0.1) is 5.92 Å². The molecule has 2 aliphatic rings. The molecular formula is C22H29N3O4S. The number of nitrogens with zero attached hydrogens (tertiary/aromatic N) is 3. The van der Waals surface area contributed by atoms with Gasteiger partial charge in [0.1, 0.15) is 5.60 Å². The first-order chi connectivity index (χ1) is 14.2. The van der Waals surface area contributed by atoms with Crippen molar-refractivity contribution in [2.45, 2.75) is 56.7 Å². The number of rotatable bonds is 3. The predicted octanol–water partition coefficient (Wildman–Crippen LogP) is 3.64. The summed E-state index contributed by atoms with van der Waals surface area (Å²) in [6.07, 6.45) is 3.68. The Kier molecular flexibility index (Phi) is 5.48. The summed E-state index contributed by atoms with van der Waals surface area (Å²) in [5.74, 6) is 0.262. The van der Waals surface area contributed by atoms with Crippen molar-refractivity contribution in [1.82, 2.24) is 14.2 Å². The third-order valence-electron chi connectivity index (χ3n) is 5.59. The van der Waals surface area contributed by atoms with Gasteiger partial charge in [-0.3, -0.25) is 0 Å². The highest BCUT2D eigenvalue weighted by molar-refractivity contribution is 7.89. The third kappa shape index (κ3) is 4.30. The molecule has 1 aliphatic carbocycles. The zero-order chi connectivity index (χ0) is 21.5. The second-order valence-corrected chi connectivity index (χ2v) is 10.9. The smallest absolute Gasteiger partial charge is 0.410 e. The lowest BCUT2D eigenvalue weighted by atomic mass is 10.2. The normalized spacial score (nSPS) is 21.4. The summed E-state index contributed by atoms with van der Waals surface area (Å²) in [6.45, 7) is 6.71. The molecule has 2 aromatic rings. The average molecular weight is 432 g/mol. The van der Waals surface area contributed by atoms with Gasteiger partial charge in [-0.25, -0.2) is 18.2 Å². The molecule has 0 N–H and O–H groups in total. The van der Waals surface area contributed by atoms with Gasteiger partial charge in [-0.05, 0) is 57.4 Å². The number of benzene rings is 1. The highest BCUT2D eigenvalue weighted by Gasteiger charge is 2.44. The quantitative estimate of drug-likeness (QED) is 0.741. The average Bonchev–Trinajstić information content (AvgIpc) is 3.51. The zero-order valence-corrected chi connectivity index (χ0v) is 18.6. The van der Waals surface area contributed by atoms with Gasteiger partial charge in [-0.2, -0.15) is 4.31 Å². The van der Waals surface area contributed by atoms with E-state index in [1.54, 1.807) is 21.5 Å². The van der Waals surface area contributed by atoms with E-state index < -0.39 is 15.6 Å². The van der Waals surface area contributed by atoms with E-state index in [1.165, 1.54) is 0 Å². The summed E-state index contributed by atoms with van der Waals surface area (Å²) >= 11 is 0. The second-order valence-electron chi connectivity index (χ2n) is 9.14. The Morgan fingerprint density at radius 2 is 1.87 bits per heavy atom. The Bertz CT molecular complexity index is 1040. The minimum atomic E-state index is -3.81. The van der Waals surface area contributed by atoms with Gasteiger partial charge in [0.15, 0.2) is 5.03 Å². The third-order valence-corrected chi connectivity index (χ3v) is 7.48. The van der Waals surface area contributed by atoms with Crippen molar-refractivity contribution in [3.63, 3.8) is 0 Å². The summed E-state index contributed by atoms with van der Waals surface area (Å²) in [5.41, 5.74) is -0.586. The predicted molar refractivity (Wildman–Crippen MR) is 115 cm³/mol. The van der Waals surface area contributed by atoms with Crippen molar-refractivity contribution < 1.29 is 17.9 Å². The number of amides is 1. The molecule has 1 aliphatic heterocycles. The number of hydrogen-bond acceptors (Lipinski definition) is 5. The SMILES string of the molecule is CC(C)(C)OC(=O)N1CCCN(S(=O)(=O)c2nccc3ccccc23)C(C2CC2)C1. The van der Waals surface area contributed by atoms with Gasteiger partial charge >= 0.3 is 6.09 Å². The fourth-order valence-corrected chi connectivity index (χ4v) is 5.90. The van der Waals surface area contributed by atoms with Crippen LogP contribution < -0.4 is 0 Å². The maximum Gasteiger partial charge on any atom is 0.410 e. The molecule has 162 valence electrons. The van der Waals surface area contributed by atoms with E-state index in [1.807, 2.05) is 45.0 Å². The van der Waals surface area contributed by atoms with Crippen molar-refractivity contribution >= 4 is 26.9 Å². The second kappa shape index (κ2) is 7.81.